The molecule has 0 aliphatic carbocycles. The fraction of sp³-hybridized carbons (Fsp3) is 0.231. The van der Waals surface area contributed by atoms with Crippen LogP contribution in [-0.4, -0.2) is 17.2 Å². The monoisotopic (exact) mass is 265 g/mol. The molecular formula is C13H13ClFN3. The van der Waals surface area contributed by atoms with Crippen molar-refractivity contribution in [3.8, 4) is 0 Å². The van der Waals surface area contributed by atoms with Gasteiger partial charge in [0.05, 0.1) is 0 Å². The molecule has 0 spiro atoms. The first kappa shape index (κ1) is 12.8. The highest BCUT2D eigenvalue weighted by Gasteiger charge is 2.13. The number of hydrogen-bond acceptors (Lipinski definition) is 3. The zero-order chi connectivity index (χ0) is 13.3. The van der Waals surface area contributed by atoms with E-state index >= 15 is 0 Å². The SMILES string of the molecule is Cc1c(Cl)nnc(N(C)c2ccc(F)cc2)c1C. The molecule has 0 aliphatic rings. The molecule has 0 aliphatic heterocycles. The molecule has 18 heavy (non-hydrogen) atoms. The molecule has 2 aromatic rings. The highest BCUT2D eigenvalue weighted by molar-refractivity contribution is 6.30. The largest absolute Gasteiger partial charge is 0.328 e. The summed E-state index contributed by atoms with van der Waals surface area (Å²) in [4.78, 5) is 1.85. The third-order valence-electron chi connectivity index (χ3n) is 2.97. The van der Waals surface area contributed by atoms with Gasteiger partial charge in [0.1, 0.15) is 5.82 Å². The van der Waals surface area contributed by atoms with E-state index in [-0.39, 0.29) is 5.82 Å². The van der Waals surface area contributed by atoms with Crippen LogP contribution in [0.2, 0.25) is 5.15 Å². The molecule has 0 bridgehead atoms. The van der Waals surface area contributed by atoms with Crippen molar-refractivity contribution in [1.82, 2.24) is 10.2 Å². The molecular weight excluding hydrogens is 253 g/mol. The summed E-state index contributed by atoms with van der Waals surface area (Å²) in [6, 6.07) is 6.22. The highest BCUT2D eigenvalue weighted by atomic mass is 35.5. The van der Waals surface area contributed by atoms with Gasteiger partial charge in [0.25, 0.3) is 0 Å². The van der Waals surface area contributed by atoms with Crippen molar-refractivity contribution in [3.63, 3.8) is 0 Å². The van der Waals surface area contributed by atoms with Gasteiger partial charge in [0, 0.05) is 12.7 Å². The van der Waals surface area contributed by atoms with Gasteiger partial charge in [-0.1, -0.05) is 11.6 Å². The van der Waals surface area contributed by atoms with Crippen LogP contribution in [0.3, 0.4) is 0 Å². The van der Waals surface area contributed by atoms with E-state index in [0.717, 1.165) is 16.8 Å². The zero-order valence-corrected chi connectivity index (χ0v) is 11.2. The zero-order valence-electron chi connectivity index (χ0n) is 10.4. The predicted octanol–water partition coefficient (Wildman–Crippen LogP) is 3.65. The molecule has 0 atom stereocenters. The fourth-order valence-electron chi connectivity index (χ4n) is 1.67. The van der Waals surface area contributed by atoms with Gasteiger partial charge in [-0.3, -0.25) is 0 Å². The van der Waals surface area contributed by atoms with Gasteiger partial charge in [0.2, 0.25) is 0 Å². The normalized spacial score (nSPS) is 10.5. The predicted molar refractivity (Wildman–Crippen MR) is 71.0 cm³/mol. The van der Waals surface area contributed by atoms with E-state index in [0.29, 0.717) is 11.0 Å². The van der Waals surface area contributed by atoms with Gasteiger partial charge in [-0.25, -0.2) is 4.39 Å². The van der Waals surface area contributed by atoms with E-state index in [2.05, 4.69) is 10.2 Å². The molecule has 0 saturated carbocycles. The quantitative estimate of drug-likeness (QED) is 0.830. The number of hydrogen-bond donors (Lipinski definition) is 0. The Bertz CT molecular complexity index is 569. The molecule has 0 radical (unpaired) electrons. The number of anilines is 2. The Hall–Kier alpha value is -1.68. The minimum Gasteiger partial charge on any atom is -0.328 e. The number of halogens is 2. The summed E-state index contributed by atoms with van der Waals surface area (Å²) in [6.07, 6.45) is 0. The maximum atomic E-state index is 12.9. The lowest BCUT2D eigenvalue weighted by Gasteiger charge is -2.20. The second-order valence-corrected chi connectivity index (χ2v) is 4.46. The van der Waals surface area contributed by atoms with E-state index in [1.807, 2.05) is 25.8 Å². The molecule has 2 rings (SSSR count). The summed E-state index contributed by atoms with van der Waals surface area (Å²) in [5, 5.41) is 8.40. The summed E-state index contributed by atoms with van der Waals surface area (Å²) < 4.78 is 12.9. The maximum absolute atomic E-state index is 12.9. The first-order valence-electron chi connectivity index (χ1n) is 5.49. The van der Waals surface area contributed by atoms with Gasteiger partial charge >= 0.3 is 0 Å². The van der Waals surface area contributed by atoms with Crippen molar-refractivity contribution in [2.75, 3.05) is 11.9 Å². The molecule has 0 fully saturated rings. The van der Waals surface area contributed by atoms with Gasteiger partial charge in [-0.2, -0.15) is 0 Å². The van der Waals surface area contributed by atoms with E-state index < -0.39 is 0 Å². The molecule has 5 heteroatoms. The number of rotatable bonds is 2. The Balaban J connectivity index is 2.43. The Labute approximate surface area is 110 Å². The maximum Gasteiger partial charge on any atom is 0.158 e. The Kier molecular flexibility index (Phi) is 3.48. The molecule has 1 aromatic heterocycles. The van der Waals surface area contributed by atoms with Crippen molar-refractivity contribution in [2.45, 2.75) is 13.8 Å². The Morgan fingerprint density at radius 1 is 1.06 bits per heavy atom. The van der Waals surface area contributed by atoms with Crippen molar-refractivity contribution < 1.29 is 4.39 Å². The highest BCUT2D eigenvalue weighted by Crippen LogP contribution is 2.28. The van der Waals surface area contributed by atoms with Crippen molar-refractivity contribution >= 4 is 23.1 Å². The number of benzene rings is 1. The van der Waals surface area contributed by atoms with Gasteiger partial charge in [0.15, 0.2) is 11.0 Å². The van der Waals surface area contributed by atoms with Gasteiger partial charge in [-0.05, 0) is 49.2 Å². The first-order valence-corrected chi connectivity index (χ1v) is 5.87. The number of nitrogens with zero attached hydrogens (tertiary/aromatic N) is 3. The van der Waals surface area contributed by atoms with Crippen LogP contribution in [0.15, 0.2) is 24.3 Å². The molecule has 0 saturated heterocycles. The topological polar surface area (TPSA) is 29.0 Å². The average molecular weight is 266 g/mol. The molecule has 1 aromatic carbocycles. The summed E-state index contributed by atoms with van der Waals surface area (Å²) in [7, 11) is 1.86. The molecule has 3 nitrogen and oxygen atoms in total. The lowest BCUT2D eigenvalue weighted by atomic mass is 10.2. The third-order valence-corrected chi connectivity index (χ3v) is 3.33. The first-order chi connectivity index (χ1) is 8.50. The Morgan fingerprint density at radius 3 is 2.28 bits per heavy atom. The third kappa shape index (κ3) is 2.29. The molecule has 0 amide bonds. The lowest BCUT2D eigenvalue weighted by Crippen LogP contribution is -2.14. The minimum atomic E-state index is -0.262. The van der Waals surface area contributed by atoms with Crippen molar-refractivity contribution in [1.29, 1.82) is 0 Å². The summed E-state index contributed by atoms with van der Waals surface area (Å²) in [5.74, 6) is 0.450. The molecule has 0 unspecified atom stereocenters. The summed E-state index contributed by atoms with van der Waals surface area (Å²) in [5.41, 5.74) is 2.70. The second kappa shape index (κ2) is 4.90. The van der Waals surface area contributed by atoms with Crippen LogP contribution < -0.4 is 4.90 Å². The van der Waals surface area contributed by atoms with E-state index in [1.54, 1.807) is 12.1 Å². The van der Waals surface area contributed by atoms with E-state index in [1.165, 1.54) is 12.1 Å². The van der Waals surface area contributed by atoms with E-state index in [4.69, 9.17) is 11.6 Å². The lowest BCUT2D eigenvalue weighted by molar-refractivity contribution is 0.628. The summed E-state index contributed by atoms with van der Waals surface area (Å²) in [6.45, 7) is 3.83. The van der Waals surface area contributed by atoms with Crippen LogP contribution in [0.25, 0.3) is 0 Å². The smallest absolute Gasteiger partial charge is 0.158 e. The number of aromatic nitrogens is 2. The van der Waals surface area contributed by atoms with Crippen LogP contribution in [0.1, 0.15) is 11.1 Å². The minimum absolute atomic E-state index is 0.262. The Morgan fingerprint density at radius 2 is 1.67 bits per heavy atom. The van der Waals surface area contributed by atoms with E-state index in [9.17, 15) is 4.39 Å². The van der Waals surface area contributed by atoms with Crippen molar-refractivity contribution in [3.05, 3.63) is 46.4 Å². The van der Waals surface area contributed by atoms with Gasteiger partial charge in [-0.15, -0.1) is 10.2 Å². The standard InChI is InChI=1S/C13H13ClFN3/c1-8-9(2)13(17-16-12(8)14)18(3)11-6-4-10(15)5-7-11/h4-7H,1-3H3. The van der Waals surface area contributed by atoms with Crippen LogP contribution in [0.5, 0.6) is 0 Å². The molecule has 94 valence electrons. The summed E-state index contributed by atoms with van der Waals surface area (Å²) >= 11 is 5.92. The van der Waals surface area contributed by atoms with Crippen LogP contribution in [-0.2, 0) is 0 Å². The molecule has 0 N–H and O–H groups in total. The van der Waals surface area contributed by atoms with Crippen molar-refractivity contribution in [2.24, 2.45) is 0 Å². The van der Waals surface area contributed by atoms with Crippen LogP contribution in [0, 0.1) is 19.7 Å². The van der Waals surface area contributed by atoms with Crippen LogP contribution in [0.4, 0.5) is 15.9 Å². The van der Waals surface area contributed by atoms with Crippen LogP contribution >= 0.6 is 11.6 Å². The fourth-order valence-corrected chi connectivity index (χ4v) is 1.85. The molecule has 1 heterocycles. The second-order valence-electron chi connectivity index (χ2n) is 4.10. The van der Waals surface area contributed by atoms with Gasteiger partial charge < -0.3 is 4.90 Å². The average Bonchev–Trinajstić information content (AvgIpc) is 2.36.